The molecule has 4 amide bonds. The number of fused-ring (bicyclic) bond motifs is 2. The number of benzene rings is 2. The molecule has 2 aliphatic heterocycles. The summed E-state index contributed by atoms with van der Waals surface area (Å²) in [6, 6.07) is 11.9. The number of carbonyl (C=O) groups is 4. The highest BCUT2D eigenvalue weighted by Gasteiger charge is 2.36. The fourth-order valence-electron chi connectivity index (χ4n) is 3.73. The summed E-state index contributed by atoms with van der Waals surface area (Å²) in [5.74, 6) is -1.38. The molecule has 0 unspecified atom stereocenters. The number of aryl methyl sites for hydroxylation is 1. The molecule has 7 heteroatoms. The van der Waals surface area contributed by atoms with Crippen LogP contribution in [-0.2, 0) is 16.0 Å². The summed E-state index contributed by atoms with van der Waals surface area (Å²) >= 11 is 0. The Bertz CT molecular complexity index is 979. The number of imide groups is 1. The molecule has 0 saturated carbocycles. The van der Waals surface area contributed by atoms with Crippen molar-refractivity contribution in [2.45, 2.75) is 19.8 Å². The Kier molecular flexibility index (Phi) is 4.43. The van der Waals surface area contributed by atoms with Crippen LogP contribution >= 0.6 is 0 Å². The van der Waals surface area contributed by atoms with E-state index in [-0.39, 0.29) is 12.5 Å². The molecule has 0 spiro atoms. The van der Waals surface area contributed by atoms with E-state index in [1.165, 1.54) is 6.92 Å². The fraction of sp³-hybridized carbons (Fsp3) is 0.238. The zero-order valence-electron chi connectivity index (χ0n) is 15.4. The van der Waals surface area contributed by atoms with Crippen LogP contribution in [0.15, 0.2) is 42.5 Å². The maximum Gasteiger partial charge on any atom is 0.262 e. The minimum absolute atomic E-state index is 0.0108. The van der Waals surface area contributed by atoms with Crippen LogP contribution in [0.4, 0.5) is 11.4 Å². The van der Waals surface area contributed by atoms with Gasteiger partial charge in [0.25, 0.3) is 11.8 Å². The van der Waals surface area contributed by atoms with Gasteiger partial charge in [-0.15, -0.1) is 0 Å². The molecular formula is C21H19N3O4. The highest BCUT2D eigenvalue weighted by atomic mass is 16.2. The first-order chi connectivity index (χ1) is 13.5. The van der Waals surface area contributed by atoms with Crippen molar-refractivity contribution in [1.29, 1.82) is 0 Å². The third kappa shape index (κ3) is 3.05. The molecule has 142 valence electrons. The van der Waals surface area contributed by atoms with Crippen molar-refractivity contribution in [2.75, 3.05) is 23.3 Å². The summed E-state index contributed by atoms with van der Waals surface area (Å²) in [7, 11) is 0. The molecule has 2 aromatic carbocycles. The molecule has 0 aromatic heterocycles. The normalized spacial score (nSPS) is 15.3. The van der Waals surface area contributed by atoms with E-state index in [2.05, 4.69) is 5.32 Å². The second-order valence-corrected chi connectivity index (χ2v) is 6.91. The lowest BCUT2D eigenvalue weighted by Gasteiger charge is -2.29. The van der Waals surface area contributed by atoms with Crippen molar-refractivity contribution in [1.82, 2.24) is 4.90 Å². The number of amides is 4. The van der Waals surface area contributed by atoms with E-state index in [0.717, 1.165) is 29.0 Å². The van der Waals surface area contributed by atoms with Gasteiger partial charge >= 0.3 is 0 Å². The van der Waals surface area contributed by atoms with E-state index < -0.39 is 17.7 Å². The van der Waals surface area contributed by atoms with Crippen LogP contribution in [-0.4, -0.2) is 41.6 Å². The Labute approximate surface area is 161 Å². The second-order valence-electron chi connectivity index (χ2n) is 6.91. The molecule has 0 fully saturated rings. The van der Waals surface area contributed by atoms with Crippen LogP contribution in [0.25, 0.3) is 0 Å². The summed E-state index contributed by atoms with van der Waals surface area (Å²) in [4.78, 5) is 51.6. The van der Waals surface area contributed by atoms with Crippen molar-refractivity contribution >= 4 is 35.0 Å². The molecule has 0 radical (unpaired) electrons. The average molecular weight is 377 g/mol. The van der Waals surface area contributed by atoms with Crippen LogP contribution in [0.2, 0.25) is 0 Å². The van der Waals surface area contributed by atoms with Gasteiger partial charge in [0.1, 0.15) is 6.54 Å². The molecule has 28 heavy (non-hydrogen) atoms. The minimum Gasteiger partial charge on any atom is -0.325 e. The van der Waals surface area contributed by atoms with E-state index in [1.54, 1.807) is 35.2 Å². The fourth-order valence-corrected chi connectivity index (χ4v) is 3.73. The summed E-state index contributed by atoms with van der Waals surface area (Å²) in [6.45, 7) is 1.88. The predicted molar refractivity (Wildman–Crippen MR) is 103 cm³/mol. The van der Waals surface area contributed by atoms with Crippen molar-refractivity contribution in [3.8, 4) is 0 Å². The van der Waals surface area contributed by atoms with Gasteiger partial charge in [0, 0.05) is 24.8 Å². The van der Waals surface area contributed by atoms with E-state index >= 15 is 0 Å². The lowest BCUT2D eigenvalue weighted by atomic mass is 10.0. The number of anilines is 2. The first kappa shape index (κ1) is 17.9. The molecule has 4 rings (SSSR count). The molecular weight excluding hydrogens is 358 g/mol. The van der Waals surface area contributed by atoms with Gasteiger partial charge < -0.3 is 10.2 Å². The Morgan fingerprint density at radius 3 is 2.36 bits per heavy atom. The van der Waals surface area contributed by atoms with E-state index in [9.17, 15) is 19.2 Å². The molecule has 0 aliphatic carbocycles. The van der Waals surface area contributed by atoms with Crippen molar-refractivity contribution in [2.24, 2.45) is 0 Å². The quantitative estimate of drug-likeness (QED) is 0.831. The molecule has 0 saturated heterocycles. The third-order valence-electron chi connectivity index (χ3n) is 5.04. The van der Waals surface area contributed by atoms with E-state index in [4.69, 9.17) is 0 Å². The molecule has 2 aromatic rings. The lowest BCUT2D eigenvalue weighted by Crippen LogP contribution is -2.37. The Hall–Kier alpha value is -3.48. The van der Waals surface area contributed by atoms with Crippen LogP contribution in [0, 0.1) is 0 Å². The third-order valence-corrected chi connectivity index (χ3v) is 5.04. The highest BCUT2D eigenvalue weighted by molar-refractivity contribution is 6.22. The zero-order valence-corrected chi connectivity index (χ0v) is 15.4. The van der Waals surface area contributed by atoms with Gasteiger partial charge in [-0.2, -0.15) is 0 Å². The van der Waals surface area contributed by atoms with Crippen molar-refractivity contribution in [3.05, 3.63) is 59.2 Å². The maximum atomic E-state index is 12.4. The largest absolute Gasteiger partial charge is 0.325 e. The average Bonchev–Trinajstić information content (AvgIpc) is 2.92. The van der Waals surface area contributed by atoms with E-state index in [1.807, 2.05) is 12.1 Å². The first-order valence-electron chi connectivity index (χ1n) is 9.12. The van der Waals surface area contributed by atoms with Crippen LogP contribution in [0.1, 0.15) is 39.6 Å². The predicted octanol–water partition coefficient (Wildman–Crippen LogP) is 2.22. The summed E-state index contributed by atoms with van der Waals surface area (Å²) in [6.07, 6.45) is 1.68. The zero-order chi connectivity index (χ0) is 19.8. The summed E-state index contributed by atoms with van der Waals surface area (Å²) < 4.78 is 0. The van der Waals surface area contributed by atoms with Gasteiger partial charge in [-0.05, 0) is 48.7 Å². The van der Waals surface area contributed by atoms with Crippen molar-refractivity contribution in [3.63, 3.8) is 0 Å². The van der Waals surface area contributed by atoms with Gasteiger partial charge in [0.2, 0.25) is 11.8 Å². The summed E-state index contributed by atoms with van der Waals surface area (Å²) in [5.41, 5.74) is 3.06. The van der Waals surface area contributed by atoms with Gasteiger partial charge in [-0.3, -0.25) is 24.1 Å². The molecule has 2 heterocycles. The Morgan fingerprint density at radius 2 is 1.71 bits per heavy atom. The molecule has 0 bridgehead atoms. The number of carbonyl (C=O) groups excluding carboxylic acids is 4. The maximum absolute atomic E-state index is 12.4. The van der Waals surface area contributed by atoms with Gasteiger partial charge in [0.15, 0.2) is 0 Å². The van der Waals surface area contributed by atoms with Gasteiger partial charge in [-0.25, -0.2) is 0 Å². The SMILES string of the molecule is CC(=O)N1CCCc2cc(NC(=O)CN3C(=O)c4ccccc4C3=O)ccc21. The second kappa shape index (κ2) is 6.92. The smallest absolute Gasteiger partial charge is 0.262 e. The highest BCUT2D eigenvalue weighted by Crippen LogP contribution is 2.30. The molecule has 1 N–H and O–H groups in total. The lowest BCUT2D eigenvalue weighted by molar-refractivity contribution is -0.117. The van der Waals surface area contributed by atoms with Crippen LogP contribution < -0.4 is 10.2 Å². The van der Waals surface area contributed by atoms with Gasteiger partial charge in [-0.1, -0.05) is 12.1 Å². The number of hydrogen-bond donors (Lipinski definition) is 1. The molecule has 0 atom stereocenters. The monoisotopic (exact) mass is 377 g/mol. The van der Waals surface area contributed by atoms with Crippen LogP contribution in [0.3, 0.4) is 0 Å². The number of rotatable bonds is 3. The van der Waals surface area contributed by atoms with Gasteiger partial charge in [0.05, 0.1) is 11.1 Å². The Balaban J connectivity index is 1.47. The molecule has 7 nitrogen and oxygen atoms in total. The number of hydrogen-bond acceptors (Lipinski definition) is 4. The molecule has 2 aliphatic rings. The Morgan fingerprint density at radius 1 is 1.04 bits per heavy atom. The summed E-state index contributed by atoms with van der Waals surface area (Å²) in [5, 5.41) is 2.74. The van der Waals surface area contributed by atoms with Crippen molar-refractivity contribution < 1.29 is 19.2 Å². The first-order valence-corrected chi connectivity index (χ1v) is 9.12. The van der Waals surface area contributed by atoms with E-state index in [0.29, 0.717) is 23.4 Å². The standard InChI is InChI=1S/C21H19N3O4/c1-13(25)23-10-4-5-14-11-15(8-9-18(14)23)22-19(26)12-24-20(27)16-6-2-3-7-17(16)21(24)28/h2-3,6-9,11H,4-5,10,12H2,1H3,(H,22,26). The van der Waals surface area contributed by atoms with Crippen LogP contribution in [0.5, 0.6) is 0 Å². The number of nitrogens with one attached hydrogen (secondary N) is 1. The number of nitrogens with zero attached hydrogens (tertiary/aromatic N) is 2. The topological polar surface area (TPSA) is 86.8 Å². The minimum atomic E-state index is -0.460.